The Morgan fingerprint density at radius 3 is 2.46 bits per heavy atom. The molecule has 0 spiro atoms. The lowest BCUT2D eigenvalue weighted by atomic mass is 10.2. The fourth-order valence-electron chi connectivity index (χ4n) is 2.34. The van der Waals surface area contributed by atoms with Gasteiger partial charge in [0.2, 0.25) is 0 Å². The van der Waals surface area contributed by atoms with Crippen LogP contribution >= 0.6 is 0 Å². The van der Waals surface area contributed by atoms with E-state index in [0.29, 0.717) is 11.3 Å². The molecule has 124 valence electrons. The number of hydrogen-bond acceptors (Lipinski definition) is 5. The summed E-state index contributed by atoms with van der Waals surface area (Å²) >= 11 is 0. The van der Waals surface area contributed by atoms with Crippen molar-refractivity contribution in [3.05, 3.63) is 60.4 Å². The second-order valence-corrected chi connectivity index (χ2v) is 7.07. The molecule has 1 N–H and O–H groups in total. The minimum absolute atomic E-state index is 0.0858. The van der Waals surface area contributed by atoms with Gasteiger partial charge in [0.1, 0.15) is 0 Å². The van der Waals surface area contributed by atoms with E-state index >= 15 is 0 Å². The van der Waals surface area contributed by atoms with Crippen LogP contribution in [0.15, 0.2) is 59.8 Å². The van der Waals surface area contributed by atoms with Gasteiger partial charge in [0.15, 0.2) is 17.3 Å². The molecule has 0 atom stereocenters. The predicted molar refractivity (Wildman–Crippen MR) is 89.6 cm³/mol. The highest BCUT2D eigenvalue weighted by molar-refractivity contribution is 7.90. The number of phenolic OH excluding ortho intramolecular Hbond substituents is 1. The SMILES string of the molecule is COc1ccc(-c2nccn2S(=O)(=O)c2ccc(C)cc2)cc1O. The molecule has 0 amide bonds. The van der Waals surface area contributed by atoms with E-state index in [2.05, 4.69) is 4.98 Å². The van der Waals surface area contributed by atoms with Gasteiger partial charge in [-0.05, 0) is 37.3 Å². The molecular weight excluding hydrogens is 328 g/mol. The van der Waals surface area contributed by atoms with E-state index in [1.165, 1.54) is 25.6 Å². The van der Waals surface area contributed by atoms with Gasteiger partial charge in [-0.25, -0.2) is 17.4 Å². The Bertz CT molecular complexity index is 976. The van der Waals surface area contributed by atoms with Gasteiger partial charge in [-0.2, -0.15) is 0 Å². The highest BCUT2D eigenvalue weighted by atomic mass is 32.2. The second kappa shape index (κ2) is 6.01. The molecule has 0 saturated carbocycles. The third-order valence-corrected chi connectivity index (χ3v) is 5.30. The van der Waals surface area contributed by atoms with Gasteiger partial charge in [-0.15, -0.1) is 0 Å². The number of aromatic nitrogens is 2. The molecule has 1 aromatic heterocycles. The first kappa shape index (κ1) is 16.1. The Morgan fingerprint density at radius 2 is 1.83 bits per heavy atom. The van der Waals surface area contributed by atoms with Crippen molar-refractivity contribution in [3.63, 3.8) is 0 Å². The molecule has 0 bridgehead atoms. The maximum atomic E-state index is 12.8. The topological polar surface area (TPSA) is 81.4 Å². The van der Waals surface area contributed by atoms with E-state index in [0.717, 1.165) is 9.54 Å². The molecule has 0 radical (unpaired) electrons. The average molecular weight is 344 g/mol. The van der Waals surface area contributed by atoms with Crippen molar-refractivity contribution in [1.82, 2.24) is 8.96 Å². The summed E-state index contributed by atoms with van der Waals surface area (Å²) in [5.74, 6) is 0.434. The van der Waals surface area contributed by atoms with Crippen molar-refractivity contribution < 1.29 is 18.3 Å². The van der Waals surface area contributed by atoms with Gasteiger partial charge in [-0.3, -0.25) is 0 Å². The standard InChI is InChI=1S/C17H16N2O4S/c1-12-3-6-14(7-4-12)24(21,22)19-10-9-18-17(19)13-5-8-16(23-2)15(20)11-13/h3-11,20H,1-2H3. The zero-order valence-corrected chi connectivity index (χ0v) is 14.0. The lowest BCUT2D eigenvalue weighted by molar-refractivity contribution is 0.373. The molecule has 3 rings (SSSR count). The molecule has 3 aromatic rings. The summed E-state index contributed by atoms with van der Waals surface area (Å²) in [6, 6.07) is 11.2. The number of methoxy groups -OCH3 is 1. The van der Waals surface area contributed by atoms with Crippen LogP contribution in [-0.2, 0) is 10.0 Å². The minimum Gasteiger partial charge on any atom is -0.504 e. The summed E-state index contributed by atoms with van der Waals surface area (Å²) < 4.78 is 31.8. The normalized spacial score (nSPS) is 11.4. The van der Waals surface area contributed by atoms with E-state index in [-0.39, 0.29) is 16.5 Å². The van der Waals surface area contributed by atoms with E-state index in [1.54, 1.807) is 36.4 Å². The first-order valence-electron chi connectivity index (χ1n) is 7.16. The Labute approximate surface area is 140 Å². The summed E-state index contributed by atoms with van der Waals surface area (Å²) in [6.45, 7) is 1.89. The van der Waals surface area contributed by atoms with Crippen molar-refractivity contribution >= 4 is 10.0 Å². The van der Waals surface area contributed by atoms with Crippen LogP contribution in [0.5, 0.6) is 11.5 Å². The van der Waals surface area contributed by atoms with Crippen LogP contribution in [0.25, 0.3) is 11.4 Å². The van der Waals surface area contributed by atoms with Gasteiger partial charge in [0.25, 0.3) is 10.0 Å². The first-order chi connectivity index (χ1) is 11.4. The molecule has 0 aliphatic rings. The van der Waals surface area contributed by atoms with Crippen molar-refractivity contribution in [3.8, 4) is 22.9 Å². The molecule has 0 aliphatic heterocycles. The van der Waals surface area contributed by atoms with Crippen LogP contribution in [-0.4, -0.2) is 29.6 Å². The number of rotatable bonds is 4. The Kier molecular flexibility index (Phi) is 4.02. The summed E-state index contributed by atoms with van der Waals surface area (Å²) in [7, 11) is -2.34. The molecule has 0 saturated heterocycles. The zero-order chi connectivity index (χ0) is 17.3. The lowest BCUT2D eigenvalue weighted by Crippen LogP contribution is -2.13. The fourth-order valence-corrected chi connectivity index (χ4v) is 3.64. The van der Waals surface area contributed by atoms with Crippen LogP contribution in [0.1, 0.15) is 5.56 Å². The quantitative estimate of drug-likeness (QED) is 0.787. The molecule has 0 aliphatic carbocycles. The Morgan fingerprint density at radius 1 is 1.12 bits per heavy atom. The molecule has 7 heteroatoms. The number of nitrogens with zero attached hydrogens (tertiary/aromatic N) is 2. The number of benzene rings is 2. The van der Waals surface area contributed by atoms with Crippen LogP contribution in [0, 0.1) is 6.92 Å². The van der Waals surface area contributed by atoms with Crippen molar-refractivity contribution in [2.24, 2.45) is 0 Å². The van der Waals surface area contributed by atoms with Gasteiger partial charge in [0.05, 0.1) is 12.0 Å². The maximum absolute atomic E-state index is 12.8. The van der Waals surface area contributed by atoms with E-state index in [1.807, 2.05) is 6.92 Å². The highest BCUT2D eigenvalue weighted by Gasteiger charge is 2.21. The van der Waals surface area contributed by atoms with Crippen LogP contribution < -0.4 is 4.74 Å². The molecule has 24 heavy (non-hydrogen) atoms. The zero-order valence-electron chi connectivity index (χ0n) is 13.2. The molecule has 0 unspecified atom stereocenters. The van der Waals surface area contributed by atoms with E-state index in [9.17, 15) is 13.5 Å². The van der Waals surface area contributed by atoms with Crippen molar-refractivity contribution in [2.75, 3.05) is 7.11 Å². The number of aromatic hydroxyl groups is 1. The number of phenols is 1. The van der Waals surface area contributed by atoms with Crippen LogP contribution in [0.3, 0.4) is 0 Å². The van der Waals surface area contributed by atoms with Gasteiger partial charge in [0, 0.05) is 18.0 Å². The third kappa shape index (κ3) is 2.74. The van der Waals surface area contributed by atoms with Crippen LogP contribution in [0.2, 0.25) is 0 Å². The number of imidazole rings is 1. The predicted octanol–water partition coefficient (Wildman–Crippen LogP) is 2.81. The number of ether oxygens (including phenoxy) is 1. The smallest absolute Gasteiger partial charge is 0.269 e. The summed E-state index contributed by atoms with van der Waals surface area (Å²) in [4.78, 5) is 4.30. The number of aryl methyl sites for hydroxylation is 1. The minimum atomic E-state index is -3.78. The van der Waals surface area contributed by atoms with Crippen LogP contribution in [0.4, 0.5) is 0 Å². The lowest BCUT2D eigenvalue weighted by Gasteiger charge is -2.11. The summed E-state index contributed by atoms with van der Waals surface area (Å²) in [6.07, 6.45) is 2.79. The molecule has 1 heterocycles. The Balaban J connectivity index is 2.10. The van der Waals surface area contributed by atoms with Gasteiger partial charge >= 0.3 is 0 Å². The monoisotopic (exact) mass is 344 g/mol. The first-order valence-corrected chi connectivity index (χ1v) is 8.60. The number of hydrogen-bond donors (Lipinski definition) is 1. The molecule has 6 nitrogen and oxygen atoms in total. The van der Waals surface area contributed by atoms with E-state index < -0.39 is 10.0 Å². The fraction of sp³-hybridized carbons (Fsp3) is 0.118. The Hall–Kier alpha value is -2.80. The maximum Gasteiger partial charge on any atom is 0.269 e. The van der Waals surface area contributed by atoms with Gasteiger partial charge in [-0.1, -0.05) is 17.7 Å². The average Bonchev–Trinajstić information content (AvgIpc) is 3.05. The van der Waals surface area contributed by atoms with Crippen molar-refractivity contribution in [1.29, 1.82) is 0 Å². The largest absolute Gasteiger partial charge is 0.504 e. The van der Waals surface area contributed by atoms with Crippen molar-refractivity contribution in [2.45, 2.75) is 11.8 Å². The van der Waals surface area contributed by atoms with Gasteiger partial charge < -0.3 is 9.84 Å². The molecule has 2 aromatic carbocycles. The molecule has 0 fully saturated rings. The van der Waals surface area contributed by atoms with E-state index in [4.69, 9.17) is 4.74 Å². The molecular formula is C17H16N2O4S. The summed E-state index contributed by atoms with van der Waals surface area (Å²) in [5.41, 5.74) is 1.44. The second-order valence-electron chi connectivity index (χ2n) is 5.25. The third-order valence-electron chi connectivity index (χ3n) is 3.62. The summed E-state index contributed by atoms with van der Waals surface area (Å²) in [5, 5.41) is 9.92. The highest BCUT2D eigenvalue weighted by Crippen LogP contribution is 2.31.